The summed E-state index contributed by atoms with van der Waals surface area (Å²) in [7, 11) is 4.27. The maximum atomic E-state index is 9.16. The zero-order valence-electron chi connectivity index (χ0n) is 11.4. The molecule has 1 aromatic rings. The molecule has 0 saturated carbocycles. The predicted octanol–water partition coefficient (Wildman–Crippen LogP) is 0.586. The minimum Gasteiger partial charge on any atom is -0.392 e. The van der Waals surface area contributed by atoms with Crippen molar-refractivity contribution in [1.82, 2.24) is 19.8 Å². The molecule has 5 nitrogen and oxygen atoms in total. The molecule has 18 heavy (non-hydrogen) atoms. The van der Waals surface area contributed by atoms with E-state index in [0.29, 0.717) is 0 Å². The van der Waals surface area contributed by atoms with Gasteiger partial charge in [-0.2, -0.15) is 0 Å². The van der Waals surface area contributed by atoms with Gasteiger partial charge in [-0.3, -0.25) is 4.90 Å². The molecule has 1 aromatic heterocycles. The molecule has 1 N–H and O–H groups in total. The Morgan fingerprint density at radius 3 is 2.83 bits per heavy atom. The van der Waals surface area contributed by atoms with Gasteiger partial charge in [-0.1, -0.05) is 0 Å². The maximum Gasteiger partial charge on any atom is 0.146 e. The summed E-state index contributed by atoms with van der Waals surface area (Å²) in [5.74, 6) is 0.862. The van der Waals surface area contributed by atoms with E-state index in [1.165, 1.54) is 6.42 Å². The molecular weight excluding hydrogens is 228 g/mol. The van der Waals surface area contributed by atoms with Crippen molar-refractivity contribution in [3.63, 3.8) is 0 Å². The molecule has 1 saturated heterocycles. The van der Waals surface area contributed by atoms with E-state index in [1.54, 1.807) is 6.20 Å². The summed E-state index contributed by atoms with van der Waals surface area (Å²) in [5.41, 5.74) is 1.69. The van der Waals surface area contributed by atoms with Gasteiger partial charge in [0.05, 0.1) is 12.6 Å². The van der Waals surface area contributed by atoms with Gasteiger partial charge >= 0.3 is 0 Å². The van der Waals surface area contributed by atoms with E-state index >= 15 is 0 Å². The fourth-order valence-electron chi connectivity index (χ4n) is 2.38. The number of hydrogen-bond acceptors (Lipinski definition) is 5. The van der Waals surface area contributed by atoms with Crippen molar-refractivity contribution < 1.29 is 5.11 Å². The highest BCUT2D eigenvalue weighted by Crippen LogP contribution is 2.20. The van der Waals surface area contributed by atoms with Crippen LogP contribution in [0.5, 0.6) is 0 Å². The van der Waals surface area contributed by atoms with Gasteiger partial charge in [-0.05, 0) is 40.5 Å². The molecule has 1 fully saturated rings. The van der Waals surface area contributed by atoms with Crippen LogP contribution in [0.25, 0.3) is 0 Å². The second kappa shape index (κ2) is 5.73. The van der Waals surface area contributed by atoms with Crippen LogP contribution in [-0.2, 0) is 6.61 Å². The fourth-order valence-corrected chi connectivity index (χ4v) is 2.38. The Hall–Kier alpha value is -1.04. The molecule has 1 unspecified atom stereocenters. The van der Waals surface area contributed by atoms with Crippen molar-refractivity contribution in [3.8, 4) is 0 Å². The van der Waals surface area contributed by atoms with Crippen LogP contribution in [0.2, 0.25) is 0 Å². The Balaban J connectivity index is 2.25. The van der Waals surface area contributed by atoms with E-state index in [0.717, 1.165) is 36.7 Å². The normalized spacial score (nSPS) is 23.0. The van der Waals surface area contributed by atoms with Crippen LogP contribution in [-0.4, -0.2) is 58.6 Å². The molecular formula is C13H22N4O. The second-order valence-electron chi connectivity index (χ2n) is 5.11. The molecule has 1 aliphatic rings. The lowest BCUT2D eigenvalue weighted by Gasteiger charge is -2.26. The van der Waals surface area contributed by atoms with Gasteiger partial charge in [0, 0.05) is 24.0 Å². The number of hydrogen-bond donors (Lipinski definition) is 1. The number of nitrogens with zero attached hydrogens (tertiary/aromatic N) is 4. The number of rotatable bonds is 2. The summed E-state index contributed by atoms with van der Waals surface area (Å²) < 4.78 is 0. The van der Waals surface area contributed by atoms with Gasteiger partial charge < -0.3 is 10.0 Å². The van der Waals surface area contributed by atoms with Crippen molar-refractivity contribution in [2.24, 2.45) is 0 Å². The van der Waals surface area contributed by atoms with Crippen LogP contribution >= 0.6 is 0 Å². The standard InChI is InChI=1S/C13H22N4O/c1-10-11(9-18)7-14-13(15-10)12-8-16(2)5-4-6-17(12)3/h7,12,18H,4-6,8-9H2,1-3H3. The number of aromatic nitrogens is 2. The van der Waals surface area contributed by atoms with Crippen molar-refractivity contribution in [1.29, 1.82) is 0 Å². The SMILES string of the molecule is Cc1nc(C2CN(C)CCCN2C)ncc1CO. The molecule has 100 valence electrons. The van der Waals surface area contributed by atoms with E-state index in [9.17, 15) is 0 Å². The van der Waals surface area contributed by atoms with Crippen LogP contribution in [0.3, 0.4) is 0 Å². The molecule has 5 heteroatoms. The Morgan fingerprint density at radius 1 is 1.39 bits per heavy atom. The quantitative estimate of drug-likeness (QED) is 0.832. The number of aliphatic hydroxyl groups excluding tert-OH is 1. The van der Waals surface area contributed by atoms with Crippen molar-refractivity contribution >= 4 is 0 Å². The highest BCUT2D eigenvalue weighted by Gasteiger charge is 2.24. The smallest absolute Gasteiger partial charge is 0.146 e. The van der Waals surface area contributed by atoms with Crippen molar-refractivity contribution in [2.75, 3.05) is 33.7 Å². The van der Waals surface area contributed by atoms with Crippen molar-refractivity contribution in [2.45, 2.75) is 26.0 Å². The summed E-state index contributed by atoms with van der Waals surface area (Å²) in [4.78, 5) is 13.6. The molecule has 1 atom stereocenters. The number of aliphatic hydroxyl groups is 1. The topological polar surface area (TPSA) is 52.5 Å². The summed E-state index contributed by atoms with van der Waals surface area (Å²) >= 11 is 0. The van der Waals surface area contributed by atoms with Gasteiger partial charge in [0.2, 0.25) is 0 Å². The third kappa shape index (κ3) is 2.85. The average molecular weight is 250 g/mol. The predicted molar refractivity (Wildman–Crippen MR) is 70.2 cm³/mol. The van der Waals surface area contributed by atoms with Gasteiger partial charge in [0.1, 0.15) is 5.82 Å². The third-order valence-electron chi connectivity index (χ3n) is 3.64. The lowest BCUT2D eigenvalue weighted by Crippen LogP contribution is -2.32. The summed E-state index contributed by atoms with van der Waals surface area (Å²) in [6, 6.07) is 0.240. The van der Waals surface area contributed by atoms with E-state index in [4.69, 9.17) is 5.11 Å². The molecule has 0 aromatic carbocycles. The Bertz CT molecular complexity index is 410. The summed E-state index contributed by atoms with van der Waals surface area (Å²) in [6.07, 6.45) is 2.92. The monoisotopic (exact) mass is 250 g/mol. The van der Waals surface area contributed by atoms with Crippen molar-refractivity contribution in [3.05, 3.63) is 23.3 Å². The summed E-state index contributed by atoms with van der Waals surface area (Å²) in [6.45, 7) is 5.08. The van der Waals surface area contributed by atoms with Crippen LogP contribution in [0.1, 0.15) is 29.5 Å². The van der Waals surface area contributed by atoms with Gasteiger partial charge in [0.15, 0.2) is 0 Å². The Kier molecular flexibility index (Phi) is 4.27. The zero-order valence-corrected chi connectivity index (χ0v) is 11.4. The Labute approximate surface area is 108 Å². The number of aryl methyl sites for hydroxylation is 1. The molecule has 2 rings (SSSR count). The zero-order chi connectivity index (χ0) is 13.1. The van der Waals surface area contributed by atoms with Gasteiger partial charge in [0.25, 0.3) is 0 Å². The van der Waals surface area contributed by atoms with Crippen LogP contribution in [0.15, 0.2) is 6.20 Å². The average Bonchev–Trinajstić information content (AvgIpc) is 2.51. The first-order chi connectivity index (χ1) is 8.61. The minimum absolute atomic E-state index is 0.00647. The Morgan fingerprint density at radius 2 is 2.17 bits per heavy atom. The van der Waals surface area contributed by atoms with Gasteiger partial charge in [-0.25, -0.2) is 9.97 Å². The fraction of sp³-hybridized carbons (Fsp3) is 0.692. The molecule has 0 radical (unpaired) electrons. The van der Waals surface area contributed by atoms with Gasteiger partial charge in [-0.15, -0.1) is 0 Å². The van der Waals surface area contributed by atoms with E-state index in [-0.39, 0.29) is 12.6 Å². The third-order valence-corrected chi connectivity index (χ3v) is 3.64. The van der Waals surface area contributed by atoms with E-state index in [2.05, 4.69) is 33.9 Å². The minimum atomic E-state index is 0.00647. The van der Waals surface area contributed by atoms with Crippen LogP contribution in [0.4, 0.5) is 0 Å². The highest BCUT2D eigenvalue weighted by molar-refractivity contribution is 5.16. The first-order valence-corrected chi connectivity index (χ1v) is 6.44. The lowest BCUT2D eigenvalue weighted by atomic mass is 10.2. The summed E-state index contributed by atoms with van der Waals surface area (Å²) in [5, 5.41) is 9.16. The largest absolute Gasteiger partial charge is 0.392 e. The molecule has 0 bridgehead atoms. The molecule has 0 spiro atoms. The first kappa shape index (κ1) is 13.4. The molecule has 1 aliphatic heterocycles. The maximum absolute atomic E-state index is 9.16. The number of likely N-dealkylation sites (N-methyl/N-ethyl adjacent to an activating group) is 2. The van der Waals surface area contributed by atoms with E-state index in [1.807, 2.05) is 6.92 Å². The lowest BCUT2D eigenvalue weighted by molar-refractivity contribution is 0.218. The van der Waals surface area contributed by atoms with E-state index < -0.39 is 0 Å². The molecule has 0 amide bonds. The van der Waals surface area contributed by atoms with Crippen LogP contribution in [0, 0.1) is 6.92 Å². The molecule has 2 heterocycles. The molecule has 0 aliphatic carbocycles. The van der Waals surface area contributed by atoms with Crippen LogP contribution < -0.4 is 0 Å². The highest BCUT2D eigenvalue weighted by atomic mass is 16.3. The first-order valence-electron chi connectivity index (χ1n) is 6.44. The second-order valence-corrected chi connectivity index (χ2v) is 5.11.